The lowest BCUT2D eigenvalue weighted by Crippen LogP contribution is -2.25. The summed E-state index contributed by atoms with van der Waals surface area (Å²) in [6, 6.07) is 7.86. The highest BCUT2D eigenvalue weighted by molar-refractivity contribution is 7.92. The van der Waals surface area contributed by atoms with Crippen LogP contribution in [0.4, 0.5) is 5.69 Å². The molecule has 1 amide bonds. The molecule has 0 saturated carbocycles. The Kier molecular flexibility index (Phi) is 6.53. The summed E-state index contributed by atoms with van der Waals surface area (Å²) in [4.78, 5) is 23.5. The van der Waals surface area contributed by atoms with Gasteiger partial charge in [0.25, 0.3) is 0 Å². The molecule has 8 heteroatoms. The van der Waals surface area contributed by atoms with E-state index in [1.807, 2.05) is 0 Å². The third-order valence-electron chi connectivity index (χ3n) is 2.57. The smallest absolute Gasteiger partial charge is 0.340 e. The van der Waals surface area contributed by atoms with Gasteiger partial charge in [-0.1, -0.05) is 12.1 Å². The average molecular weight is 324 g/mol. The first-order chi connectivity index (χ1) is 10.4. The topological polar surface area (TPSA) is 113 Å². The van der Waals surface area contributed by atoms with Gasteiger partial charge in [0.2, 0.25) is 5.91 Å². The molecule has 0 unspecified atom stereocenters. The van der Waals surface area contributed by atoms with Gasteiger partial charge >= 0.3 is 5.97 Å². The molecule has 1 aromatic rings. The number of para-hydroxylation sites is 1. The lowest BCUT2D eigenvalue weighted by atomic mass is 10.2. The first-order valence-electron chi connectivity index (χ1n) is 6.53. The van der Waals surface area contributed by atoms with E-state index in [0.29, 0.717) is 0 Å². The van der Waals surface area contributed by atoms with Crippen molar-refractivity contribution in [2.75, 3.05) is 23.4 Å². The summed E-state index contributed by atoms with van der Waals surface area (Å²) in [5.41, 5.74) is 0.327. The van der Waals surface area contributed by atoms with Gasteiger partial charge in [-0.2, -0.15) is 5.26 Å². The van der Waals surface area contributed by atoms with Crippen LogP contribution in [0.15, 0.2) is 24.3 Å². The van der Waals surface area contributed by atoms with Crippen molar-refractivity contribution in [2.24, 2.45) is 0 Å². The molecule has 0 atom stereocenters. The van der Waals surface area contributed by atoms with Gasteiger partial charge in [0.05, 0.1) is 29.7 Å². The van der Waals surface area contributed by atoms with Crippen LogP contribution in [0.3, 0.4) is 0 Å². The summed E-state index contributed by atoms with van der Waals surface area (Å²) in [6.45, 7) is 1.84. The number of carbonyl (C=O) groups excluding carboxylic acids is 2. The molecule has 0 heterocycles. The van der Waals surface area contributed by atoms with Crippen molar-refractivity contribution in [1.29, 1.82) is 5.26 Å². The maximum atomic E-state index is 11.8. The lowest BCUT2D eigenvalue weighted by molar-refractivity contribution is -0.113. The molecule has 0 aliphatic heterocycles. The summed E-state index contributed by atoms with van der Waals surface area (Å²) in [5, 5.41) is 10.8. The Morgan fingerprint density at radius 3 is 2.64 bits per heavy atom. The van der Waals surface area contributed by atoms with Gasteiger partial charge < -0.3 is 10.1 Å². The first kappa shape index (κ1) is 17.7. The monoisotopic (exact) mass is 324 g/mol. The number of hydrogen-bond donors (Lipinski definition) is 1. The van der Waals surface area contributed by atoms with E-state index < -0.39 is 27.5 Å². The van der Waals surface area contributed by atoms with Crippen LogP contribution < -0.4 is 5.32 Å². The molecule has 0 aliphatic rings. The molecule has 0 bridgehead atoms. The SMILES string of the molecule is CCOC(=O)c1ccccc1NC(=O)CS(=O)(=O)CCC#N. The zero-order valence-electron chi connectivity index (χ0n) is 12.0. The van der Waals surface area contributed by atoms with E-state index in [9.17, 15) is 18.0 Å². The zero-order valence-corrected chi connectivity index (χ0v) is 12.9. The van der Waals surface area contributed by atoms with Crippen molar-refractivity contribution in [3.63, 3.8) is 0 Å². The maximum absolute atomic E-state index is 11.8. The number of carbonyl (C=O) groups is 2. The van der Waals surface area contributed by atoms with E-state index in [2.05, 4.69) is 5.32 Å². The maximum Gasteiger partial charge on any atom is 0.340 e. The molecule has 0 spiro atoms. The van der Waals surface area contributed by atoms with Crippen LogP contribution in [-0.4, -0.2) is 38.4 Å². The standard InChI is InChI=1S/C14H16N2O5S/c1-2-21-14(18)11-6-3-4-7-12(11)16-13(17)10-22(19,20)9-5-8-15/h3-4,6-7H,2,5,9-10H2,1H3,(H,16,17). The molecule has 0 aliphatic carbocycles. The molecule has 118 valence electrons. The molecule has 0 saturated heterocycles. The van der Waals surface area contributed by atoms with E-state index in [0.717, 1.165) is 0 Å². The summed E-state index contributed by atoms with van der Waals surface area (Å²) >= 11 is 0. The van der Waals surface area contributed by atoms with Gasteiger partial charge in [-0.05, 0) is 19.1 Å². The van der Waals surface area contributed by atoms with Crippen molar-refractivity contribution in [3.8, 4) is 6.07 Å². The van der Waals surface area contributed by atoms with E-state index in [-0.39, 0.29) is 30.0 Å². The number of ether oxygens (including phenoxy) is 1. The Hall–Kier alpha value is -2.40. The molecule has 1 aromatic carbocycles. The fourth-order valence-corrected chi connectivity index (χ4v) is 2.66. The largest absolute Gasteiger partial charge is 0.462 e. The predicted molar refractivity (Wildman–Crippen MR) is 79.9 cm³/mol. The summed E-state index contributed by atoms with van der Waals surface area (Å²) < 4.78 is 28.1. The van der Waals surface area contributed by atoms with Crippen molar-refractivity contribution in [3.05, 3.63) is 29.8 Å². The number of nitrogens with zero attached hydrogens (tertiary/aromatic N) is 1. The number of anilines is 1. The Balaban J connectivity index is 2.81. The third kappa shape index (κ3) is 5.54. The first-order valence-corrected chi connectivity index (χ1v) is 8.35. The average Bonchev–Trinajstić information content (AvgIpc) is 2.45. The number of amides is 1. The van der Waals surface area contributed by atoms with Crippen molar-refractivity contribution in [2.45, 2.75) is 13.3 Å². The fourth-order valence-electron chi connectivity index (χ4n) is 1.64. The minimum absolute atomic E-state index is 0.145. The summed E-state index contributed by atoms with van der Waals surface area (Å²) in [6.07, 6.45) is -0.172. The molecular formula is C14H16N2O5S. The van der Waals surface area contributed by atoms with Crippen LogP contribution in [0.25, 0.3) is 0 Å². The van der Waals surface area contributed by atoms with E-state index >= 15 is 0 Å². The highest BCUT2D eigenvalue weighted by Crippen LogP contribution is 2.16. The number of esters is 1. The molecule has 0 fully saturated rings. The molecular weight excluding hydrogens is 308 g/mol. The Morgan fingerprint density at radius 1 is 1.32 bits per heavy atom. The molecule has 7 nitrogen and oxygen atoms in total. The second-order valence-corrected chi connectivity index (χ2v) is 6.50. The van der Waals surface area contributed by atoms with Gasteiger partial charge in [-0.15, -0.1) is 0 Å². The highest BCUT2D eigenvalue weighted by Gasteiger charge is 2.19. The Labute approximate surface area is 128 Å². The molecule has 22 heavy (non-hydrogen) atoms. The number of rotatable bonds is 7. The number of hydrogen-bond acceptors (Lipinski definition) is 6. The van der Waals surface area contributed by atoms with Crippen molar-refractivity contribution >= 4 is 27.4 Å². The number of benzene rings is 1. The Morgan fingerprint density at radius 2 is 2.00 bits per heavy atom. The number of nitriles is 1. The minimum Gasteiger partial charge on any atom is -0.462 e. The molecule has 0 radical (unpaired) electrons. The van der Waals surface area contributed by atoms with Crippen LogP contribution >= 0.6 is 0 Å². The quantitative estimate of drug-likeness (QED) is 0.752. The second kappa shape index (κ2) is 8.14. The minimum atomic E-state index is -3.66. The number of sulfone groups is 1. The van der Waals surface area contributed by atoms with Crippen LogP contribution in [0, 0.1) is 11.3 Å². The fraction of sp³-hybridized carbons (Fsp3) is 0.357. The lowest BCUT2D eigenvalue weighted by Gasteiger charge is -2.10. The van der Waals surface area contributed by atoms with Crippen LogP contribution in [0.2, 0.25) is 0 Å². The van der Waals surface area contributed by atoms with Crippen LogP contribution in [0.5, 0.6) is 0 Å². The highest BCUT2D eigenvalue weighted by atomic mass is 32.2. The normalized spacial score (nSPS) is 10.5. The van der Waals surface area contributed by atoms with Crippen molar-refractivity contribution < 1.29 is 22.7 Å². The predicted octanol–water partition coefficient (Wildman–Crippen LogP) is 1.13. The van der Waals surface area contributed by atoms with Gasteiger partial charge in [0, 0.05) is 6.42 Å². The summed E-state index contributed by atoms with van der Waals surface area (Å²) in [5.74, 6) is -2.50. The second-order valence-electron chi connectivity index (χ2n) is 4.31. The van der Waals surface area contributed by atoms with Crippen LogP contribution in [0.1, 0.15) is 23.7 Å². The molecule has 0 aromatic heterocycles. The van der Waals surface area contributed by atoms with Gasteiger partial charge in [0.15, 0.2) is 9.84 Å². The zero-order chi connectivity index (χ0) is 16.6. The molecule has 1 N–H and O–H groups in total. The molecule has 1 rings (SSSR count). The Bertz CT molecular complexity index is 691. The van der Waals surface area contributed by atoms with E-state index in [1.165, 1.54) is 12.1 Å². The summed E-state index contributed by atoms with van der Waals surface area (Å²) in [7, 11) is -3.66. The van der Waals surface area contributed by atoms with E-state index in [4.69, 9.17) is 10.00 Å². The van der Waals surface area contributed by atoms with Gasteiger partial charge in [-0.25, -0.2) is 13.2 Å². The van der Waals surface area contributed by atoms with Crippen LogP contribution in [-0.2, 0) is 19.4 Å². The van der Waals surface area contributed by atoms with Gasteiger partial charge in [0.1, 0.15) is 5.75 Å². The van der Waals surface area contributed by atoms with E-state index in [1.54, 1.807) is 25.1 Å². The number of nitrogens with one attached hydrogen (secondary N) is 1. The third-order valence-corrected chi connectivity index (χ3v) is 4.10. The van der Waals surface area contributed by atoms with Gasteiger partial charge in [-0.3, -0.25) is 4.79 Å². The van der Waals surface area contributed by atoms with Crippen molar-refractivity contribution in [1.82, 2.24) is 0 Å².